The summed E-state index contributed by atoms with van der Waals surface area (Å²) in [6, 6.07) is 3.31. The lowest BCUT2D eigenvalue weighted by molar-refractivity contribution is 0.0654. The normalized spacial score (nSPS) is 14.3. The summed E-state index contributed by atoms with van der Waals surface area (Å²) >= 11 is 0. The Balaban J connectivity index is 2.03. The molecule has 1 N–H and O–H groups in total. The summed E-state index contributed by atoms with van der Waals surface area (Å²) in [5.41, 5.74) is 0.681. The van der Waals surface area contributed by atoms with Crippen LogP contribution in [0.1, 0.15) is 34.2 Å². The SMILES string of the molecule is CCCNCCN1C(=O)c2cccnc2C1=O. The third-order valence-corrected chi connectivity index (χ3v) is 2.67. The van der Waals surface area contributed by atoms with E-state index < -0.39 is 0 Å². The summed E-state index contributed by atoms with van der Waals surface area (Å²) in [6.45, 7) is 3.98. The number of amides is 2. The third-order valence-electron chi connectivity index (χ3n) is 2.67. The lowest BCUT2D eigenvalue weighted by Crippen LogP contribution is -2.36. The van der Waals surface area contributed by atoms with Crippen LogP contribution in [-0.2, 0) is 0 Å². The van der Waals surface area contributed by atoms with Gasteiger partial charge in [-0.2, -0.15) is 0 Å². The number of fused-ring (bicyclic) bond motifs is 1. The lowest BCUT2D eigenvalue weighted by atomic mass is 10.2. The maximum absolute atomic E-state index is 11.9. The molecule has 1 aromatic rings. The van der Waals surface area contributed by atoms with Crippen LogP contribution in [0.4, 0.5) is 0 Å². The molecule has 0 saturated carbocycles. The highest BCUT2D eigenvalue weighted by atomic mass is 16.2. The minimum Gasteiger partial charge on any atom is -0.315 e. The largest absolute Gasteiger partial charge is 0.315 e. The van der Waals surface area contributed by atoms with Gasteiger partial charge in [-0.3, -0.25) is 19.5 Å². The van der Waals surface area contributed by atoms with Crippen LogP contribution in [0.2, 0.25) is 0 Å². The van der Waals surface area contributed by atoms with Crippen LogP contribution < -0.4 is 5.32 Å². The van der Waals surface area contributed by atoms with Crippen LogP contribution in [0.3, 0.4) is 0 Å². The zero-order valence-electron chi connectivity index (χ0n) is 9.77. The minimum atomic E-state index is -0.288. The molecule has 5 heteroatoms. The molecule has 2 rings (SSSR count). The zero-order chi connectivity index (χ0) is 12.3. The highest BCUT2D eigenvalue weighted by Gasteiger charge is 2.35. The molecule has 0 spiro atoms. The molecule has 1 aliphatic heterocycles. The predicted molar refractivity (Wildman–Crippen MR) is 62.8 cm³/mol. The van der Waals surface area contributed by atoms with Crippen LogP contribution >= 0.6 is 0 Å². The van der Waals surface area contributed by atoms with E-state index in [9.17, 15) is 9.59 Å². The smallest absolute Gasteiger partial charge is 0.280 e. The first-order valence-electron chi connectivity index (χ1n) is 5.77. The van der Waals surface area contributed by atoms with E-state index in [1.165, 1.54) is 11.1 Å². The van der Waals surface area contributed by atoms with E-state index >= 15 is 0 Å². The van der Waals surface area contributed by atoms with E-state index in [4.69, 9.17) is 0 Å². The van der Waals surface area contributed by atoms with E-state index in [1.807, 2.05) is 0 Å². The van der Waals surface area contributed by atoms with Crippen molar-refractivity contribution in [3.05, 3.63) is 29.6 Å². The van der Waals surface area contributed by atoms with E-state index in [2.05, 4.69) is 17.2 Å². The molecule has 1 aromatic heterocycles. The summed E-state index contributed by atoms with van der Waals surface area (Å²) in [5.74, 6) is -0.528. The molecule has 0 atom stereocenters. The van der Waals surface area contributed by atoms with Crippen LogP contribution in [0, 0.1) is 0 Å². The molecule has 17 heavy (non-hydrogen) atoms. The first-order chi connectivity index (χ1) is 8.25. The van der Waals surface area contributed by atoms with Crippen molar-refractivity contribution in [2.24, 2.45) is 0 Å². The van der Waals surface area contributed by atoms with E-state index in [0.29, 0.717) is 18.7 Å². The summed E-state index contributed by atoms with van der Waals surface area (Å²) in [5, 5.41) is 3.16. The van der Waals surface area contributed by atoms with Crippen LogP contribution in [0.25, 0.3) is 0 Å². The van der Waals surface area contributed by atoms with Gasteiger partial charge in [-0.1, -0.05) is 6.92 Å². The maximum atomic E-state index is 11.9. The summed E-state index contributed by atoms with van der Waals surface area (Å²) in [7, 11) is 0. The van der Waals surface area contributed by atoms with Crippen LogP contribution in [0.5, 0.6) is 0 Å². The summed E-state index contributed by atoms with van der Waals surface area (Å²) in [6.07, 6.45) is 2.56. The van der Waals surface area contributed by atoms with Crippen molar-refractivity contribution in [2.75, 3.05) is 19.6 Å². The second-order valence-corrected chi connectivity index (χ2v) is 3.91. The maximum Gasteiger partial charge on any atom is 0.280 e. The van der Waals surface area contributed by atoms with Crippen molar-refractivity contribution >= 4 is 11.8 Å². The van der Waals surface area contributed by atoms with Crippen LogP contribution in [0.15, 0.2) is 18.3 Å². The highest BCUT2D eigenvalue weighted by molar-refractivity contribution is 6.20. The monoisotopic (exact) mass is 233 g/mol. The summed E-state index contributed by atoms with van der Waals surface area (Å²) in [4.78, 5) is 29.0. The average molecular weight is 233 g/mol. The second-order valence-electron chi connectivity index (χ2n) is 3.91. The third kappa shape index (κ3) is 2.19. The van der Waals surface area contributed by atoms with Gasteiger partial charge in [-0.05, 0) is 25.1 Å². The van der Waals surface area contributed by atoms with Gasteiger partial charge in [0.1, 0.15) is 5.69 Å². The number of pyridine rings is 1. The first kappa shape index (κ1) is 11.7. The van der Waals surface area contributed by atoms with Gasteiger partial charge < -0.3 is 5.32 Å². The topological polar surface area (TPSA) is 62.3 Å². The number of aromatic nitrogens is 1. The fraction of sp³-hybridized carbons (Fsp3) is 0.417. The van der Waals surface area contributed by atoms with Crippen LogP contribution in [-0.4, -0.2) is 41.3 Å². The molecule has 0 aliphatic carbocycles. The van der Waals surface area contributed by atoms with Crippen molar-refractivity contribution < 1.29 is 9.59 Å². The lowest BCUT2D eigenvalue weighted by Gasteiger charge is -2.13. The molecule has 5 nitrogen and oxygen atoms in total. The molecule has 1 aliphatic rings. The van der Waals surface area contributed by atoms with Crippen molar-refractivity contribution in [3.8, 4) is 0 Å². The Morgan fingerprint density at radius 3 is 2.82 bits per heavy atom. The van der Waals surface area contributed by atoms with Gasteiger partial charge in [0.15, 0.2) is 0 Å². The molecule has 0 fully saturated rings. The fourth-order valence-electron chi connectivity index (χ4n) is 1.81. The Bertz CT molecular complexity index is 410. The standard InChI is InChI=1S/C12H15N3O2/c1-2-5-13-7-8-15-11(16)9-4-3-6-14-10(9)12(15)17/h3-4,6,13H,2,5,7-8H2,1H3. The first-order valence-corrected chi connectivity index (χ1v) is 5.77. The van der Waals surface area contributed by atoms with Gasteiger partial charge in [0.05, 0.1) is 5.56 Å². The number of hydrogen-bond donors (Lipinski definition) is 1. The second kappa shape index (κ2) is 5.05. The van der Waals surface area contributed by atoms with E-state index in [-0.39, 0.29) is 17.5 Å². The number of carbonyl (C=O) groups is 2. The Hall–Kier alpha value is -1.75. The van der Waals surface area contributed by atoms with Gasteiger partial charge in [0.2, 0.25) is 0 Å². The highest BCUT2D eigenvalue weighted by Crippen LogP contribution is 2.19. The molecule has 2 heterocycles. The average Bonchev–Trinajstić information content (AvgIpc) is 2.60. The number of carbonyl (C=O) groups excluding carboxylic acids is 2. The van der Waals surface area contributed by atoms with Crippen molar-refractivity contribution in [1.29, 1.82) is 0 Å². The van der Waals surface area contributed by atoms with Gasteiger partial charge in [0.25, 0.3) is 11.8 Å². The zero-order valence-corrected chi connectivity index (χ0v) is 9.77. The Labute approximate surface area is 99.8 Å². The number of rotatable bonds is 5. The Kier molecular flexibility index (Phi) is 3.49. The minimum absolute atomic E-state index is 0.239. The molecule has 90 valence electrons. The molecule has 0 radical (unpaired) electrons. The molecule has 0 saturated heterocycles. The Morgan fingerprint density at radius 1 is 1.29 bits per heavy atom. The quantitative estimate of drug-likeness (QED) is 0.600. The van der Waals surface area contributed by atoms with Gasteiger partial charge in [-0.15, -0.1) is 0 Å². The fourth-order valence-corrected chi connectivity index (χ4v) is 1.81. The number of hydrogen-bond acceptors (Lipinski definition) is 4. The molecular formula is C12H15N3O2. The molecule has 0 unspecified atom stereocenters. The van der Waals surface area contributed by atoms with Crippen molar-refractivity contribution in [3.63, 3.8) is 0 Å². The molecule has 0 aromatic carbocycles. The molecular weight excluding hydrogens is 218 g/mol. The number of imide groups is 1. The predicted octanol–water partition coefficient (Wildman–Crippen LogP) is 0.677. The van der Waals surface area contributed by atoms with Crippen molar-refractivity contribution in [1.82, 2.24) is 15.2 Å². The van der Waals surface area contributed by atoms with Gasteiger partial charge in [0, 0.05) is 19.3 Å². The molecule has 2 amide bonds. The Morgan fingerprint density at radius 2 is 2.12 bits per heavy atom. The summed E-state index contributed by atoms with van der Waals surface area (Å²) < 4.78 is 0. The molecule has 0 bridgehead atoms. The van der Waals surface area contributed by atoms with Crippen molar-refractivity contribution in [2.45, 2.75) is 13.3 Å². The van der Waals surface area contributed by atoms with Gasteiger partial charge >= 0.3 is 0 Å². The number of nitrogens with one attached hydrogen (secondary N) is 1. The number of nitrogens with zero attached hydrogens (tertiary/aromatic N) is 2. The van der Waals surface area contributed by atoms with E-state index in [1.54, 1.807) is 12.1 Å². The van der Waals surface area contributed by atoms with E-state index in [0.717, 1.165) is 13.0 Å². The van der Waals surface area contributed by atoms with Gasteiger partial charge in [-0.25, -0.2) is 0 Å².